The smallest absolute Gasteiger partial charge is 0.291 e. The van der Waals surface area contributed by atoms with Crippen molar-refractivity contribution in [2.24, 2.45) is 0 Å². The third-order valence-electron chi connectivity index (χ3n) is 3.30. The summed E-state index contributed by atoms with van der Waals surface area (Å²) in [6.07, 6.45) is 0. The van der Waals surface area contributed by atoms with Gasteiger partial charge in [0.05, 0.1) is 10.6 Å². The van der Waals surface area contributed by atoms with Crippen LogP contribution in [-0.4, -0.2) is 24.5 Å². The summed E-state index contributed by atoms with van der Waals surface area (Å²) in [7, 11) is -3.92. The molecular weight excluding hydrogens is 431 g/mol. The third kappa shape index (κ3) is 4.75. The molecule has 1 amide bonds. The van der Waals surface area contributed by atoms with Crippen LogP contribution >= 0.6 is 34.5 Å². The third-order valence-corrected chi connectivity index (χ3v) is 6.44. The van der Waals surface area contributed by atoms with Gasteiger partial charge >= 0.3 is 0 Å². The highest BCUT2D eigenvalue weighted by atomic mass is 35.5. The summed E-state index contributed by atoms with van der Waals surface area (Å²) in [5.41, 5.74) is 1.49. The molecule has 11 heteroatoms. The summed E-state index contributed by atoms with van der Waals surface area (Å²) in [5.74, 6) is -0.552. The molecule has 0 saturated carbocycles. The van der Waals surface area contributed by atoms with Crippen LogP contribution in [0, 0.1) is 6.92 Å². The first-order valence-electron chi connectivity index (χ1n) is 7.44. The number of rotatable bonds is 5. The normalized spacial score (nSPS) is 11.2. The second kappa shape index (κ2) is 7.81. The number of sulfonamides is 1. The van der Waals surface area contributed by atoms with Gasteiger partial charge in [0, 0.05) is 10.7 Å². The zero-order valence-corrected chi connectivity index (χ0v) is 16.9. The van der Waals surface area contributed by atoms with Gasteiger partial charge < -0.3 is 0 Å². The average molecular weight is 443 g/mol. The number of halogens is 2. The van der Waals surface area contributed by atoms with E-state index in [2.05, 4.69) is 20.2 Å². The SMILES string of the molecule is Cc1cccc(NS(=O)(=O)c2nnc(NC(=O)c3ccc(Cl)cc3Cl)s2)c1. The number of carbonyl (C=O) groups excluding carboxylic acids is 1. The van der Waals surface area contributed by atoms with E-state index in [1.54, 1.807) is 18.2 Å². The van der Waals surface area contributed by atoms with E-state index in [0.29, 0.717) is 10.7 Å². The van der Waals surface area contributed by atoms with E-state index in [0.717, 1.165) is 16.9 Å². The van der Waals surface area contributed by atoms with Gasteiger partial charge in [-0.3, -0.25) is 14.8 Å². The molecule has 0 radical (unpaired) electrons. The summed E-state index contributed by atoms with van der Waals surface area (Å²) in [5, 5.41) is 10.4. The fourth-order valence-electron chi connectivity index (χ4n) is 2.11. The van der Waals surface area contributed by atoms with Crippen molar-refractivity contribution in [1.29, 1.82) is 0 Å². The topological polar surface area (TPSA) is 101 Å². The lowest BCUT2D eigenvalue weighted by atomic mass is 10.2. The van der Waals surface area contributed by atoms with Gasteiger partial charge in [0.2, 0.25) is 5.13 Å². The molecule has 27 heavy (non-hydrogen) atoms. The Bertz CT molecular complexity index is 1120. The molecule has 0 aliphatic carbocycles. The first-order chi connectivity index (χ1) is 12.7. The highest BCUT2D eigenvalue weighted by Gasteiger charge is 2.22. The second-order valence-electron chi connectivity index (χ2n) is 5.43. The van der Waals surface area contributed by atoms with E-state index >= 15 is 0 Å². The van der Waals surface area contributed by atoms with Crippen LogP contribution in [0.4, 0.5) is 10.8 Å². The number of carbonyl (C=O) groups is 1. The van der Waals surface area contributed by atoms with E-state index in [9.17, 15) is 13.2 Å². The molecule has 1 heterocycles. The van der Waals surface area contributed by atoms with E-state index in [-0.39, 0.29) is 20.1 Å². The maximum Gasteiger partial charge on any atom is 0.291 e. The quantitative estimate of drug-likeness (QED) is 0.576. The van der Waals surface area contributed by atoms with Crippen molar-refractivity contribution < 1.29 is 13.2 Å². The Balaban J connectivity index is 1.76. The van der Waals surface area contributed by atoms with Crippen LogP contribution in [0.1, 0.15) is 15.9 Å². The van der Waals surface area contributed by atoms with Crippen molar-refractivity contribution in [3.8, 4) is 0 Å². The number of aryl methyl sites for hydroxylation is 1. The molecule has 0 atom stereocenters. The van der Waals surface area contributed by atoms with Crippen molar-refractivity contribution in [2.75, 3.05) is 10.0 Å². The molecule has 0 spiro atoms. The Hall–Kier alpha value is -2.20. The molecule has 0 unspecified atom stereocenters. The van der Waals surface area contributed by atoms with Crippen molar-refractivity contribution in [3.63, 3.8) is 0 Å². The Morgan fingerprint density at radius 2 is 1.89 bits per heavy atom. The lowest BCUT2D eigenvalue weighted by Gasteiger charge is -2.05. The number of nitrogens with zero attached hydrogens (tertiary/aromatic N) is 2. The minimum absolute atomic E-state index is 0.0237. The maximum absolute atomic E-state index is 12.4. The van der Waals surface area contributed by atoms with Gasteiger partial charge in [0.1, 0.15) is 0 Å². The van der Waals surface area contributed by atoms with Gasteiger partial charge in [-0.05, 0) is 42.8 Å². The van der Waals surface area contributed by atoms with E-state index in [1.165, 1.54) is 18.2 Å². The summed E-state index contributed by atoms with van der Waals surface area (Å²) in [6.45, 7) is 1.85. The molecule has 1 aromatic heterocycles. The molecule has 7 nitrogen and oxygen atoms in total. The predicted octanol–water partition coefficient (Wildman–Crippen LogP) is 4.21. The van der Waals surface area contributed by atoms with Crippen molar-refractivity contribution in [2.45, 2.75) is 11.3 Å². The zero-order chi connectivity index (χ0) is 19.6. The Morgan fingerprint density at radius 3 is 2.59 bits per heavy atom. The molecule has 3 aromatic rings. The standard InChI is InChI=1S/C16H12Cl2N4O3S2/c1-9-3-2-4-11(7-9)22-27(24,25)16-21-20-15(26-16)19-14(23)12-6-5-10(17)8-13(12)18/h2-8,22H,1H3,(H,19,20,23). The van der Waals surface area contributed by atoms with E-state index in [4.69, 9.17) is 23.2 Å². The minimum Gasteiger partial charge on any atom is -0.296 e. The zero-order valence-electron chi connectivity index (χ0n) is 13.7. The van der Waals surface area contributed by atoms with Gasteiger partial charge in [0.15, 0.2) is 0 Å². The van der Waals surface area contributed by atoms with Crippen molar-refractivity contribution >= 4 is 61.3 Å². The van der Waals surface area contributed by atoms with E-state index < -0.39 is 15.9 Å². The molecule has 0 aliphatic heterocycles. The molecule has 3 rings (SSSR count). The van der Waals surface area contributed by atoms with Gasteiger partial charge in [-0.25, -0.2) is 0 Å². The van der Waals surface area contributed by atoms with Crippen molar-refractivity contribution in [1.82, 2.24) is 10.2 Å². The monoisotopic (exact) mass is 442 g/mol. The van der Waals surface area contributed by atoms with Crippen LogP contribution in [0.2, 0.25) is 10.0 Å². The second-order valence-corrected chi connectivity index (χ2v) is 9.10. The summed E-state index contributed by atoms with van der Waals surface area (Å²) < 4.78 is 27.0. The maximum atomic E-state index is 12.4. The largest absolute Gasteiger partial charge is 0.296 e. The molecule has 2 aromatic carbocycles. The molecule has 0 aliphatic rings. The Morgan fingerprint density at radius 1 is 1.11 bits per heavy atom. The summed E-state index contributed by atoms with van der Waals surface area (Å²) in [4.78, 5) is 12.3. The van der Waals surface area contributed by atoms with Crippen LogP contribution in [0.5, 0.6) is 0 Å². The van der Waals surface area contributed by atoms with Crippen LogP contribution < -0.4 is 10.0 Å². The van der Waals surface area contributed by atoms with E-state index in [1.807, 2.05) is 13.0 Å². The van der Waals surface area contributed by atoms with Crippen LogP contribution in [0.3, 0.4) is 0 Å². The van der Waals surface area contributed by atoms with Gasteiger partial charge in [-0.15, -0.1) is 10.2 Å². The fraction of sp³-hybridized carbons (Fsp3) is 0.0625. The fourth-order valence-corrected chi connectivity index (χ4v) is 4.55. The minimum atomic E-state index is -3.92. The molecule has 0 bridgehead atoms. The first-order valence-corrected chi connectivity index (χ1v) is 10.5. The predicted molar refractivity (Wildman–Crippen MR) is 106 cm³/mol. The van der Waals surface area contributed by atoms with Crippen LogP contribution in [-0.2, 0) is 10.0 Å². The van der Waals surface area contributed by atoms with Gasteiger partial charge in [-0.2, -0.15) is 8.42 Å². The molecule has 0 saturated heterocycles. The van der Waals surface area contributed by atoms with Crippen LogP contribution in [0.25, 0.3) is 0 Å². The highest BCUT2D eigenvalue weighted by Crippen LogP contribution is 2.25. The Labute approximate surface area is 169 Å². The van der Waals surface area contributed by atoms with Gasteiger partial charge in [-0.1, -0.05) is 46.7 Å². The lowest BCUT2D eigenvalue weighted by Crippen LogP contribution is -2.12. The molecular formula is C16H12Cl2N4O3S2. The summed E-state index contributed by atoms with van der Waals surface area (Å²) in [6, 6.07) is 11.3. The number of nitrogens with one attached hydrogen (secondary N) is 2. The molecule has 140 valence electrons. The highest BCUT2D eigenvalue weighted by molar-refractivity contribution is 7.94. The number of benzene rings is 2. The molecule has 0 fully saturated rings. The lowest BCUT2D eigenvalue weighted by molar-refractivity contribution is 0.102. The number of anilines is 2. The first kappa shape index (κ1) is 19.6. The summed E-state index contributed by atoms with van der Waals surface area (Å²) >= 11 is 12.5. The molecule has 2 N–H and O–H groups in total. The van der Waals surface area contributed by atoms with Crippen molar-refractivity contribution in [3.05, 3.63) is 63.6 Å². The number of hydrogen-bond donors (Lipinski definition) is 2. The van der Waals surface area contributed by atoms with Gasteiger partial charge in [0.25, 0.3) is 20.3 Å². The van der Waals surface area contributed by atoms with Crippen LogP contribution in [0.15, 0.2) is 46.8 Å². The number of hydrogen-bond acceptors (Lipinski definition) is 6. The number of aromatic nitrogens is 2. The average Bonchev–Trinajstić information content (AvgIpc) is 3.03. The number of amides is 1. The Kier molecular flexibility index (Phi) is 5.66.